The molecule has 10 heteroatoms. The van der Waals surface area contributed by atoms with Crippen molar-refractivity contribution in [2.75, 3.05) is 14.2 Å². The Labute approximate surface area is 166 Å². The van der Waals surface area contributed by atoms with Crippen LogP contribution in [-0.2, 0) is 10.1 Å². The molecule has 0 aliphatic carbocycles. The zero-order valence-corrected chi connectivity index (χ0v) is 16.5. The van der Waals surface area contributed by atoms with E-state index in [2.05, 4.69) is 0 Å². The Kier molecular flexibility index (Phi) is 6.86. The number of phenols is 2. The van der Waals surface area contributed by atoms with E-state index >= 15 is 0 Å². The van der Waals surface area contributed by atoms with Gasteiger partial charge in [0.25, 0.3) is 0 Å². The average Bonchev–Trinajstić information content (AvgIpc) is 2.53. The summed E-state index contributed by atoms with van der Waals surface area (Å²) in [5.41, 5.74) is -0.879. The van der Waals surface area contributed by atoms with Gasteiger partial charge in [-0.25, -0.2) is 8.42 Å². The number of carbonyl (C=O) groups is 1. The van der Waals surface area contributed by atoms with E-state index in [1.54, 1.807) is 0 Å². The van der Waals surface area contributed by atoms with Crippen molar-refractivity contribution in [3.05, 3.63) is 41.5 Å². The van der Waals surface area contributed by atoms with Crippen LogP contribution < -0.4 is 39.0 Å². The van der Waals surface area contributed by atoms with Crippen molar-refractivity contribution in [2.45, 2.75) is 4.90 Å². The molecule has 2 rings (SSSR count). The van der Waals surface area contributed by atoms with E-state index in [0.717, 1.165) is 19.2 Å². The molecule has 0 aliphatic rings. The summed E-state index contributed by atoms with van der Waals surface area (Å²) in [6.45, 7) is 0. The van der Waals surface area contributed by atoms with E-state index < -0.39 is 37.9 Å². The maximum atomic E-state index is 12.6. The molecule has 0 saturated heterocycles. The minimum Gasteiger partial charge on any atom is -0.744 e. The second-order valence-electron chi connectivity index (χ2n) is 4.63. The summed E-state index contributed by atoms with van der Waals surface area (Å²) in [6, 6.07) is 6.17. The third-order valence-electron chi connectivity index (χ3n) is 3.27. The van der Waals surface area contributed by atoms with Crippen LogP contribution in [0.3, 0.4) is 0 Å². The molecule has 2 aromatic carbocycles. The smallest absolute Gasteiger partial charge is 0.744 e. The van der Waals surface area contributed by atoms with Gasteiger partial charge in [0.15, 0.2) is 28.8 Å². The van der Waals surface area contributed by atoms with Gasteiger partial charge >= 0.3 is 29.6 Å². The molecule has 128 valence electrons. The fourth-order valence-electron chi connectivity index (χ4n) is 2.17. The molecule has 0 saturated carbocycles. The van der Waals surface area contributed by atoms with E-state index in [-0.39, 0.29) is 46.6 Å². The van der Waals surface area contributed by atoms with E-state index in [4.69, 9.17) is 9.47 Å². The largest absolute Gasteiger partial charge is 1.00 e. The number of para-hydroxylation sites is 1. The van der Waals surface area contributed by atoms with Crippen molar-refractivity contribution in [2.24, 2.45) is 0 Å². The third kappa shape index (κ3) is 4.07. The van der Waals surface area contributed by atoms with Crippen molar-refractivity contribution in [1.82, 2.24) is 0 Å². The van der Waals surface area contributed by atoms with Gasteiger partial charge in [-0.2, -0.15) is 0 Å². The summed E-state index contributed by atoms with van der Waals surface area (Å²) >= 11 is 0. The Morgan fingerprint density at radius 3 is 2.04 bits per heavy atom. The van der Waals surface area contributed by atoms with Crippen LogP contribution in [0.1, 0.15) is 15.9 Å². The van der Waals surface area contributed by atoms with Crippen LogP contribution in [0.5, 0.6) is 23.0 Å². The number of benzene rings is 2. The Bertz CT molecular complexity index is 908. The predicted molar refractivity (Wildman–Crippen MR) is 80.7 cm³/mol. The van der Waals surface area contributed by atoms with Crippen LogP contribution in [0, 0.1) is 0 Å². The normalized spacial score (nSPS) is 10.7. The number of ether oxygens (including phenoxy) is 2. The maximum absolute atomic E-state index is 12.6. The number of methoxy groups -OCH3 is 2. The van der Waals surface area contributed by atoms with E-state index in [1.807, 2.05) is 0 Å². The van der Waals surface area contributed by atoms with Gasteiger partial charge in [-0.15, -0.1) is 0 Å². The standard InChI is InChI=1S/C15H14O8S.Na/c1-22-10-5-3-4-8(13(10)17)12(16)9-6-7-11(23-2)14(18)15(9)24(19,20)21;/h3-7,17-18H,1-2H3,(H,19,20,21);/q;+1/p-1. The minimum atomic E-state index is -5.19. The average molecular weight is 376 g/mol. The predicted octanol–water partition coefficient (Wildman–Crippen LogP) is -1.75. The molecule has 0 aliphatic heterocycles. The van der Waals surface area contributed by atoms with Crippen LogP contribution in [0.4, 0.5) is 0 Å². The molecule has 25 heavy (non-hydrogen) atoms. The molecule has 0 aromatic heterocycles. The SMILES string of the molecule is COc1cccc(C(=O)c2ccc(OC)c(O)c2S(=O)(=O)[O-])c1O.[Na+]. The summed E-state index contributed by atoms with van der Waals surface area (Å²) in [4.78, 5) is 11.5. The molecular weight excluding hydrogens is 363 g/mol. The van der Waals surface area contributed by atoms with Gasteiger partial charge < -0.3 is 24.2 Å². The maximum Gasteiger partial charge on any atom is 1.00 e. The molecule has 0 spiro atoms. The monoisotopic (exact) mass is 376 g/mol. The first-order chi connectivity index (χ1) is 11.2. The fourth-order valence-corrected chi connectivity index (χ4v) is 2.93. The molecule has 0 heterocycles. The van der Waals surface area contributed by atoms with Crippen molar-refractivity contribution in [3.8, 4) is 23.0 Å². The first kappa shape index (κ1) is 21.3. The Balaban J connectivity index is 0.00000312. The molecule has 2 N–H and O–H groups in total. The molecule has 0 amide bonds. The Morgan fingerprint density at radius 1 is 0.960 bits per heavy atom. The first-order valence-electron chi connectivity index (χ1n) is 6.48. The summed E-state index contributed by atoms with van der Waals surface area (Å²) in [6.07, 6.45) is 0. The zero-order chi connectivity index (χ0) is 18.1. The molecular formula is C15H13NaO8S. The molecule has 0 bridgehead atoms. The second kappa shape index (κ2) is 8.07. The van der Waals surface area contributed by atoms with Gasteiger partial charge in [-0.05, 0) is 24.3 Å². The molecule has 2 aromatic rings. The fraction of sp³-hybridized carbons (Fsp3) is 0.133. The van der Waals surface area contributed by atoms with E-state index in [9.17, 15) is 28.0 Å². The number of carbonyl (C=O) groups excluding carboxylic acids is 1. The first-order valence-corrected chi connectivity index (χ1v) is 7.89. The van der Waals surface area contributed by atoms with Crippen LogP contribution >= 0.6 is 0 Å². The summed E-state index contributed by atoms with van der Waals surface area (Å²) in [5.74, 6) is -2.75. The number of hydrogen-bond donors (Lipinski definition) is 2. The number of phenolic OH excluding ortho intramolecular Hbond substituents is 2. The van der Waals surface area contributed by atoms with E-state index in [1.165, 1.54) is 25.3 Å². The number of aromatic hydroxyl groups is 2. The van der Waals surface area contributed by atoms with Crippen LogP contribution in [-0.4, -0.2) is 43.2 Å². The molecule has 0 unspecified atom stereocenters. The van der Waals surface area contributed by atoms with Gasteiger partial charge in [0, 0.05) is 5.56 Å². The van der Waals surface area contributed by atoms with Crippen LogP contribution in [0.2, 0.25) is 0 Å². The number of rotatable bonds is 5. The topological polar surface area (TPSA) is 133 Å². The van der Waals surface area contributed by atoms with Crippen molar-refractivity contribution in [3.63, 3.8) is 0 Å². The van der Waals surface area contributed by atoms with Crippen LogP contribution in [0.15, 0.2) is 35.2 Å². The van der Waals surface area contributed by atoms with Gasteiger partial charge in [0.1, 0.15) is 15.0 Å². The van der Waals surface area contributed by atoms with Crippen molar-refractivity contribution < 1.29 is 67.0 Å². The summed E-state index contributed by atoms with van der Waals surface area (Å²) in [7, 11) is -2.76. The van der Waals surface area contributed by atoms with Gasteiger partial charge in [0.2, 0.25) is 0 Å². The number of hydrogen-bond acceptors (Lipinski definition) is 8. The van der Waals surface area contributed by atoms with Crippen molar-refractivity contribution in [1.29, 1.82) is 0 Å². The van der Waals surface area contributed by atoms with Gasteiger partial charge in [0.05, 0.1) is 19.8 Å². The van der Waals surface area contributed by atoms with Gasteiger partial charge in [-0.3, -0.25) is 4.79 Å². The van der Waals surface area contributed by atoms with Crippen molar-refractivity contribution >= 4 is 15.9 Å². The number of ketones is 1. The van der Waals surface area contributed by atoms with Gasteiger partial charge in [-0.1, -0.05) is 6.07 Å². The molecule has 0 fully saturated rings. The quantitative estimate of drug-likeness (QED) is 0.357. The molecule has 0 atom stereocenters. The Hall–Kier alpha value is -1.78. The molecule has 8 nitrogen and oxygen atoms in total. The summed E-state index contributed by atoms with van der Waals surface area (Å²) in [5, 5.41) is 20.0. The Morgan fingerprint density at radius 2 is 1.52 bits per heavy atom. The van der Waals surface area contributed by atoms with Crippen LogP contribution in [0.25, 0.3) is 0 Å². The molecule has 0 radical (unpaired) electrons. The second-order valence-corrected chi connectivity index (χ2v) is 5.95. The minimum absolute atomic E-state index is 0. The van der Waals surface area contributed by atoms with E-state index in [0.29, 0.717) is 0 Å². The summed E-state index contributed by atoms with van der Waals surface area (Å²) < 4.78 is 44.1. The third-order valence-corrected chi connectivity index (χ3v) is 4.19. The zero-order valence-electron chi connectivity index (χ0n) is 13.6.